The molecule has 0 radical (unpaired) electrons. The zero-order valence-electron chi connectivity index (χ0n) is 15.2. The molecule has 0 bridgehead atoms. The largest absolute Gasteiger partial charge is 0.493 e. The van der Waals surface area contributed by atoms with Gasteiger partial charge in [-0.3, -0.25) is 4.79 Å². The highest BCUT2D eigenvalue weighted by Gasteiger charge is 2.10. The second kappa shape index (κ2) is 9.82. The smallest absolute Gasteiger partial charge is 0.338 e. The molecule has 0 heterocycles. The Bertz CT molecular complexity index is 840. The predicted molar refractivity (Wildman–Crippen MR) is 97.7 cm³/mol. The van der Waals surface area contributed by atoms with Gasteiger partial charge in [-0.2, -0.15) is 5.26 Å². The van der Waals surface area contributed by atoms with E-state index < -0.39 is 11.9 Å². The molecule has 2 aromatic rings. The average molecular weight is 368 g/mol. The van der Waals surface area contributed by atoms with Gasteiger partial charge >= 0.3 is 5.97 Å². The lowest BCUT2D eigenvalue weighted by Crippen LogP contribution is -2.30. The Hall–Kier alpha value is -3.53. The summed E-state index contributed by atoms with van der Waals surface area (Å²) in [6, 6.07) is 13.5. The zero-order chi connectivity index (χ0) is 19.6. The van der Waals surface area contributed by atoms with E-state index in [1.54, 1.807) is 20.3 Å². The van der Waals surface area contributed by atoms with Crippen molar-refractivity contribution in [2.75, 3.05) is 27.4 Å². The molecule has 1 amide bonds. The van der Waals surface area contributed by atoms with E-state index in [0.29, 0.717) is 30.0 Å². The van der Waals surface area contributed by atoms with Gasteiger partial charge in [0.05, 0.1) is 31.4 Å². The van der Waals surface area contributed by atoms with Gasteiger partial charge in [-0.1, -0.05) is 6.07 Å². The first kappa shape index (κ1) is 19.8. The second-order valence-electron chi connectivity index (χ2n) is 5.55. The van der Waals surface area contributed by atoms with Gasteiger partial charge in [-0.15, -0.1) is 0 Å². The number of nitrogens with one attached hydrogen (secondary N) is 1. The molecule has 0 aliphatic rings. The van der Waals surface area contributed by atoms with Crippen LogP contribution in [0.3, 0.4) is 0 Å². The van der Waals surface area contributed by atoms with E-state index in [1.165, 1.54) is 24.3 Å². The maximum atomic E-state index is 11.9. The Kier molecular flexibility index (Phi) is 7.20. The van der Waals surface area contributed by atoms with Crippen LogP contribution in [0.4, 0.5) is 0 Å². The second-order valence-corrected chi connectivity index (χ2v) is 5.55. The highest BCUT2D eigenvalue weighted by atomic mass is 16.5. The van der Waals surface area contributed by atoms with E-state index in [4.69, 9.17) is 19.5 Å². The number of esters is 1. The van der Waals surface area contributed by atoms with Gasteiger partial charge in [0.15, 0.2) is 18.1 Å². The van der Waals surface area contributed by atoms with Crippen LogP contribution in [0.15, 0.2) is 42.5 Å². The van der Waals surface area contributed by atoms with Crippen LogP contribution >= 0.6 is 0 Å². The molecule has 2 rings (SSSR count). The molecule has 0 saturated carbocycles. The molecule has 0 aliphatic carbocycles. The van der Waals surface area contributed by atoms with E-state index in [2.05, 4.69) is 5.32 Å². The first-order chi connectivity index (χ1) is 13.1. The molecule has 0 atom stereocenters. The molecule has 0 aliphatic heterocycles. The quantitative estimate of drug-likeness (QED) is 0.717. The number of methoxy groups -OCH3 is 2. The third kappa shape index (κ3) is 5.75. The van der Waals surface area contributed by atoms with Crippen LogP contribution in [0.1, 0.15) is 21.5 Å². The Balaban J connectivity index is 1.76. The normalized spacial score (nSPS) is 9.81. The van der Waals surface area contributed by atoms with E-state index >= 15 is 0 Å². The van der Waals surface area contributed by atoms with Gasteiger partial charge < -0.3 is 19.5 Å². The number of carbonyl (C=O) groups excluding carboxylic acids is 2. The first-order valence-electron chi connectivity index (χ1n) is 8.22. The molecule has 2 aromatic carbocycles. The minimum Gasteiger partial charge on any atom is -0.493 e. The van der Waals surface area contributed by atoms with Gasteiger partial charge in [-0.25, -0.2) is 4.79 Å². The molecule has 0 spiro atoms. The van der Waals surface area contributed by atoms with Crippen molar-refractivity contribution in [3.63, 3.8) is 0 Å². The van der Waals surface area contributed by atoms with Crippen LogP contribution in [0.25, 0.3) is 0 Å². The van der Waals surface area contributed by atoms with Crippen molar-refractivity contribution < 1.29 is 23.8 Å². The van der Waals surface area contributed by atoms with Gasteiger partial charge in [-0.05, 0) is 48.4 Å². The standard InChI is InChI=1S/C20H20N2O5/c1-25-17-8-5-14(11-18(17)26-2)9-10-22-19(23)13-27-20(24)16-6-3-15(12-21)4-7-16/h3-8,11H,9-10,13H2,1-2H3,(H,22,23). The maximum absolute atomic E-state index is 11.9. The molecular weight excluding hydrogens is 348 g/mol. The summed E-state index contributed by atoms with van der Waals surface area (Å²) in [6.45, 7) is 0.0213. The number of rotatable bonds is 8. The Labute approximate surface area is 157 Å². The minimum absolute atomic E-state index is 0.284. The summed E-state index contributed by atoms with van der Waals surface area (Å²) in [6.07, 6.45) is 0.593. The summed E-state index contributed by atoms with van der Waals surface area (Å²) in [5.74, 6) is 0.254. The van der Waals surface area contributed by atoms with Gasteiger partial charge in [0, 0.05) is 6.54 Å². The van der Waals surface area contributed by atoms with Crippen molar-refractivity contribution in [1.29, 1.82) is 5.26 Å². The van der Waals surface area contributed by atoms with E-state index in [9.17, 15) is 9.59 Å². The van der Waals surface area contributed by atoms with Crippen LogP contribution in [0.2, 0.25) is 0 Å². The van der Waals surface area contributed by atoms with Crippen LogP contribution in [-0.4, -0.2) is 39.2 Å². The van der Waals surface area contributed by atoms with Gasteiger partial charge in [0.1, 0.15) is 0 Å². The summed E-state index contributed by atoms with van der Waals surface area (Å²) in [5.41, 5.74) is 1.70. The minimum atomic E-state index is -0.616. The number of benzene rings is 2. The van der Waals surface area contributed by atoms with E-state index in [1.807, 2.05) is 18.2 Å². The van der Waals surface area contributed by atoms with Crippen molar-refractivity contribution in [2.45, 2.75) is 6.42 Å². The molecule has 0 fully saturated rings. The number of hydrogen-bond acceptors (Lipinski definition) is 6. The summed E-state index contributed by atoms with van der Waals surface area (Å²) >= 11 is 0. The van der Waals surface area contributed by atoms with Crippen molar-refractivity contribution >= 4 is 11.9 Å². The number of ether oxygens (including phenoxy) is 3. The Morgan fingerprint density at radius 1 is 1.04 bits per heavy atom. The maximum Gasteiger partial charge on any atom is 0.338 e. The predicted octanol–water partition coefficient (Wildman–Crippen LogP) is 2.09. The number of amides is 1. The molecule has 27 heavy (non-hydrogen) atoms. The Morgan fingerprint density at radius 2 is 1.74 bits per heavy atom. The SMILES string of the molecule is COc1ccc(CCNC(=O)COC(=O)c2ccc(C#N)cc2)cc1OC. The molecule has 0 unspecified atom stereocenters. The lowest BCUT2D eigenvalue weighted by molar-refractivity contribution is -0.124. The summed E-state index contributed by atoms with van der Waals surface area (Å²) in [7, 11) is 3.13. The summed E-state index contributed by atoms with van der Waals surface area (Å²) in [5, 5.41) is 11.4. The zero-order valence-corrected chi connectivity index (χ0v) is 15.2. The number of nitriles is 1. The number of carbonyl (C=O) groups is 2. The lowest BCUT2D eigenvalue weighted by atomic mass is 10.1. The van der Waals surface area contributed by atoms with Crippen LogP contribution in [-0.2, 0) is 16.0 Å². The Morgan fingerprint density at radius 3 is 2.37 bits per heavy atom. The van der Waals surface area contributed by atoms with Crippen LogP contribution in [0, 0.1) is 11.3 Å². The molecule has 7 heteroatoms. The lowest BCUT2D eigenvalue weighted by Gasteiger charge is -2.10. The first-order valence-corrected chi connectivity index (χ1v) is 8.22. The highest BCUT2D eigenvalue weighted by molar-refractivity contribution is 5.91. The van der Waals surface area contributed by atoms with E-state index in [0.717, 1.165) is 5.56 Å². The van der Waals surface area contributed by atoms with Crippen LogP contribution in [0.5, 0.6) is 11.5 Å². The molecule has 140 valence electrons. The van der Waals surface area contributed by atoms with E-state index in [-0.39, 0.29) is 12.2 Å². The fraction of sp³-hybridized carbons (Fsp3) is 0.250. The average Bonchev–Trinajstić information content (AvgIpc) is 2.71. The van der Waals surface area contributed by atoms with Crippen LogP contribution < -0.4 is 14.8 Å². The highest BCUT2D eigenvalue weighted by Crippen LogP contribution is 2.27. The van der Waals surface area contributed by atoms with Crippen molar-refractivity contribution in [2.24, 2.45) is 0 Å². The van der Waals surface area contributed by atoms with Gasteiger partial charge in [0.25, 0.3) is 5.91 Å². The van der Waals surface area contributed by atoms with Crippen molar-refractivity contribution in [3.05, 3.63) is 59.2 Å². The molecule has 0 aromatic heterocycles. The fourth-order valence-electron chi connectivity index (χ4n) is 2.33. The van der Waals surface area contributed by atoms with Crippen molar-refractivity contribution in [1.82, 2.24) is 5.32 Å². The van der Waals surface area contributed by atoms with Crippen molar-refractivity contribution in [3.8, 4) is 17.6 Å². The third-order valence-electron chi connectivity index (χ3n) is 3.77. The molecular formula is C20H20N2O5. The molecule has 1 N–H and O–H groups in total. The summed E-state index contributed by atoms with van der Waals surface area (Å²) < 4.78 is 15.4. The van der Waals surface area contributed by atoms with Gasteiger partial charge in [0.2, 0.25) is 0 Å². The molecule has 0 saturated heterocycles. The number of nitrogens with zero attached hydrogens (tertiary/aromatic N) is 1. The monoisotopic (exact) mass is 368 g/mol. The molecule has 7 nitrogen and oxygen atoms in total. The summed E-state index contributed by atoms with van der Waals surface area (Å²) in [4.78, 5) is 23.7. The number of hydrogen-bond donors (Lipinski definition) is 1. The fourth-order valence-corrected chi connectivity index (χ4v) is 2.33. The third-order valence-corrected chi connectivity index (χ3v) is 3.77. The topological polar surface area (TPSA) is 97.6 Å².